The summed E-state index contributed by atoms with van der Waals surface area (Å²) in [6, 6.07) is 11.9. The van der Waals surface area contributed by atoms with Crippen LogP contribution in [-0.2, 0) is 4.74 Å². The van der Waals surface area contributed by atoms with Crippen molar-refractivity contribution in [2.24, 2.45) is 0 Å². The predicted octanol–water partition coefficient (Wildman–Crippen LogP) is 3.59. The van der Waals surface area contributed by atoms with Crippen molar-refractivity contribution < 1.29 is 9.53 Å². The molecule has 0 saturated carbocycles. The minimum atomic E-state index is -0.113. The Labute approximate surface area is 158 Å². The van der Waals surface area contributed by atoms with Crippen molar-refractivity contribution in [2.75, 3.05) is 13.2 Å². The van der Waals surface area contributed by atoms with Crippen molar-refractivity contribution in [3.63, 3.8) is 0 Å². The summed E-state index contributed by atoms with van der Waals surface area (Å²) in [4.78, 5) is 17.7. The number of fused-ring (bicyclic) bond motifs is 1. The first-order valence-corrected chi connectivity index (χ1v) is 9.47. The van der Waals surface area contributed by atoms with Crippen LogP contribution in [0.2, 0.25) is 0 Å². The molecule has 27 heavy (non-hydrogen) atoms. The van der Waals surface area contributed by atoms with Crippen LogP contribution >= 0.6 is 0 Å². The molecule has 6 nitrogen and oxygen atoms in total. The van der Waals surface area contributed by atoms with Crippen molar-refractivity contribution in [2.45, 2.75) is 38.8 Å². The van der Waals surface area contributed by atoms with E-state index in [-0.39, 0.29) is 18.1 Å². The molecular formula is C21H24N4O2. The fourth-order valence-corrected chi connectivity index (χ4v) is 3.45. The van der Waals surface area contributed by atoms with Gasteiger partial charge in [0.05, 0.1) is 28.9 Å². The van der Waals surface area contributed by atoms with Crippen LogP contribution in [0.25, 0.3) is 22.3 Å². The maximum Gasteiger partial charge on any atom is 0.252 e. The van der Waals surface area contributed by atoms with Crippen molar-refractivity contribution in [3.8, 4) is 11.3 Å². The van der Waals surface area contributed by atoms with Gasteiger partial charge in [0, 0.05) is 24.8 Å². The number of nitrogens with zero attached hydrogens (tertiary/aromatic N) is 3. The molecule has 1 aliphatic rings. The zero-order valence-corrected chi connectivity index (χ0v) is 15.7. The van der Waals surface area contributed by atoms with Crippen molar-refractivity contribution >= 4 is 16.9 Å². The van der Waals surface area contributed by atoms with Crippen LogP contribution in [0.15, 0.2) is 42.6 Å². The number of aromatic nitrogens is 3. The average molecular weight is 364 g/mol. The molecule has 3 aromatic rings. The standard InChI is InChI=1S/C21H24N4O2/c1-14(2)25-20-18(13-23-25)17(21(26)22-12-16-9-6-10-27-16)11-19(24-20)15-7-4-3-5-8-15/h3-5,7-8,11,13-14,16H,6,9-10,12H2,1-2H3,(H,22,26)/t16-/m0/s1. The second-order valence-electron chi connectivity index (χ2n) is 7.19. The zero-order valence-electron chi connectivity index (χ0n) is 15.7. The highest BCUT2D eigenvalue weighted by Crippen LogP contribution is 2.26. The second kappa shape index (κ2) is 7.48. The molecule has 1 aromatic carbocycles. The normalized spacial score (nSPS) is 16.9. The summed E-state index contributed by atoms with van der Waals surface area (Å²) in [5.41, 5.74) is 3.08. The molecule has 1 saturated heterocycles. The van der Waals surface area contributed by atoms with Crippen LogP contribution < -0.4 is 5.32 Å². The largest absolute Gasteiger partial charge is 0.376 e. The van der Waals surface area contributed by atoms with Crippen LogP contribution in [0.1, 0.15) is 43.1 Å². The SMILES string of the molecule is CC(C)n1ncc2c(C(=O)NC[C@@H]3CCCO3)cc(-c3ccccc3)nc21. The molecule has 0 radical (unpaired) electrons. The number of pyridine rings is 1. The van der Waals surface area contributed by atoms with Gasteiger partial charge in [-0.15, -0.1) is 0 Å². The smallest absolute Gasteiger partial charge is 0.252 e. The Morgan fingerprint density at radius 3 is 2.85 bits per heavy atom. The van der Waals surface area contributed by atoms with Gasteiger partial charge in [0.1, 0.15) is 0 Å². The van der Waals surface area contributed by atoms with Gasteiger partial charge in [-0.1, -0.05) is 30.3 Å². The van der Waals surface area contributed by atoms with Crippen LogP contribution in [0.4, 0.5) is 0 Å². The molecule has 1 aliphatic heterocycles. The quantitative estimate of drug-likeness (QED) is 0.751. The van der Waals surface area contributed by atoms with Gasteiger partial charge in [-0.25, -0.2) is 9.67 Å². The molecule has 6 heteroatoms. The number of rotatable bonds is 5. The highest BCUT2D eigenvalue weighted by atomic mass is 16.5. The van der Waals surface area contributed by atoms with Crippen LogP contribution in [0.5, 0.6) is 0 Å². The fourth-order valence-electron chi connectivity index (χ4n) is 3.45. The average Bonchev–Trinajstić information content (AvgIpc) is 3.35. The predicted molar refractivity (Wildman–Crippen MR) is 105 cm³/mol. The summed E-state index contributed by atoms with van der Waals surface area (Å²) in [6.07, 6.45) is 3.89. The van der Waals surface area contributed by atoms with E-state index in [9.17, 15) is 4.79 Å². The molecule has 1 amide bonds. The van der Waals surface area contributed by atoms with Crippen molar-refractivity contribution in [3.05, 3.63) is 48.2 Å². The number of ether oxygens (including phenoxy) is 1. The van der Waals surface area contributed by atoms with Crippen LogP contribution in [-0.4, -0.2) is 39.9 Å². The van der Waals surface area contributed by atoms with Crippen LogP contribution in [0.3, 0.4) is 0 Å². The lowest BCUT2D eigenvalue weighted by atomic mass is 10.1. The number of carbonyl (C=O) groups excluding carboxylic acids is 1. The molecule has 2 aromatic heterocycles. The minimum Gasteiger partial charge on any atom is -0.376 e. The van der Waals surface area contributed by atoms with Gasteiger partial charge < -0.3 is 10.1 Å². The Morgan fingerprint density at radius 1 is 1.33 bits per heavy atom. The first-order valence-electron chi connectivity index (χ1n) is 9.47. The Hall–Kier alpha value is -2.73. The third-order valence-corrected chi connectivity index (χ3v) is 4.88. The first-order chi connectivity index (χ1) is 13.1. The number of hydrogen-bond donors (Lipinski definition) is 1. The Balaban J connectivity index is 1.74. The molecule has 0 aliphatic carbocycles. The lowest BCUT2D eigenvalue weighted by Gasteiger charge is -2.13. The molecule has 140 valence electrons. The van der Waals surface area contributed by atoms with Gasteiger partial charge in [0.25, 0.3) is 5.91 Å². The lowest BCUT2D eigenvalue weighted by molar-refractivity contribution is 0.0859. The Kier molecular flexibility index (Phi) is 4.90. The van der Waals surface area contributed by atoms with E-state index in [0.29, 0.717) is 12.1 Å². The third-order valence-electron chi connectivity index (χ3n) is 4.88. The number of hydrogen-bond acceptors (Lipinski definition) is 4. The number of nitrogens with one attached hydrogen (secondary N) is 1. The fraction of sp³-hybridized carbons (Fsp3) is 0.381. The van der Waals surface area contributed by atoms with E-state index in [1.165, 1.54) is 0 Å². The molecule has 1 fully saturated rings. The molecule has 0 bridgehead atoms. The highest BCUT2D eigenvalue weighted by Gasteiger charge is 2.21. The van der Waals surface area contributed by atoms with Gasteiger partial charge in [-0.05, 0) is 32.8 Å². The molecular weight excluding hydrogens is 340 g/mol. The van der Waals surface area contributed by atoms with E-state index in [1.807, 2.05) is 41.1 Å². The third kappa shape index (κ3) is 3.57. The summed E-state index contributed by atoms with van der Waals surface area (Å²) in [5, 5.41) is 8.25. The van der Waals surface area contributed by atoms with E-state index in [1.54, 1.807) is 6.20 Å². The molecule has 1 N–H and O–H groups in total. The van der Waals surface area contributed by atoms with Gasteiger partial charge in [-0.2, -0.15) is 5.10 Å². The topological polar surface area (TPSA) is 69.0 Å². The molecule has 0 unspecified atom stereocenters. The summed E-state index contributed by atoms with van der Waals surface area (Å²) in [6.45, 7) is 5.42. The first kappa shape index (κ1) is 17.7. The number of carbonyl (C=O) groups is 1. The van der Waals surface area contributed by atoms with E-state index in [0.717, 1.165) is 41.7 Å². The van der Waals surface area contributed by atoms with Gasteiger partial charge in [0.2, 0.25) is 0 Å². The van der Waals surface area contributed by atoms with E-state index < -0.39 is 0 Å². The van der Waals surface area contributed by atoms with Crippen LogP contribution in [0, 0.1) is 0 Å². The van der Waals surface area contributed by atoms with E-state index in [4.69, 9.17) is 9.72 Å². The summed E-state index contributed by atoms with van der Waals surface area (Å²) < 4.78 is 7.47. The minimum absolute atomic E-state index is 0.109. The van der Waals surface area contributed by atoms with E-state index >= 15 is 0 Å². The van der Waals surface area contributed by atoms with E-state index in [2.05, 4.69) is 24.3 Å². The maximum absolute atomic E-state index is 12.9. The molecule has 1 atom stereocenters. The number of benzene rings is 1. The van der Waals surface area contributed by atoms with Gasteiger partial charge >= 0.3 is 0 Å². The van der Waals surface area contributed by atoms with Gasteiger partial charge in [-0.3, -0.25) is 4.79 Å². The Morgan fingerprint density at radius 2 is 2.15 bits per heavy atom. The zero-order chi connectivity index (χ0) is 18.8. The molecule has 3 heterocycles. The molecule has 4 rings (SSSR count). The maximum atomic E-state index is 12.9. The van der Waals surface area contributed by atoms with Crippen molar-refractivity contribution in [1.29, 1.82) is 0 Å². The Bertz CT molecular complexity index is 943. The summed E-state index contributed by atoms with van der Waals surface area (Å²) in [5.74, 6) is -0.113. The molecule has 0 spiro atoms. The number of amides is 1. The second-order valence-corrected chi connectivity index (χ2v) is 7.19. The van der Waals surface area contributed by atoms with Gasteiger partial charge in [0.15, 0.2) is 5.65 Å². The van der Waals surface area contributed by atoms with Crippen molar-refractivity contribution in [1.82, 2.24) is 20.1 Å². The monoisotopic (exact) mass is 364 g/mol. The highest BCUT2D eigenvalue weighted by molar-refractivity contribution is 6.06. The summed E-state index contributed by atoms with van der Waals surface area (Å²) in [7, 11) is 0. The summed E-state index contributed by atoms with van der Waals surface area (Å²) >= 11 is 0. The lowest BCUT2D eigenvalue weighted by Crippen LogP contribution is -2.31.